The molecule has 0 aliphatic heterocycles. The van der Waals surface area contributed by atoms with Crippen molar-refractivity contribution in [3.05, 3.63) is 0 Å². The Kier molecular flexibility index (Phi) is 4.51. The van der Waals surface area contributed by atoms with Crippen LogP contribution in [0.1, 0.15) is 46.0 Å². The van der Waals surface area contributed by atoms with E-state index in [4.69, 9.17) is 10.8 Å². The molecule has 0 saturated heterocycles. The number of hydrogen-bond acceptors (Lipinski definition) is 3. The molecule has 2 unspecified atom stereocenters. The lowest BCUT2D eigenvalue weighted by Gasteiger charge is -2.26. The lowest BCUT2D eigenvalue weighted by atomic mass is 9.93. The number of carboxylic acid groups (broad SMARTS) is 1. The molecule has 1 fully saturated rings. The molecule has 1 rings (SSSR count). The predicted octanol–water partition coefficient (Wildman–Crippen LogP) is 0.873. The molecular formula is C12H22N2O3. The van der Waals surface area contributed by atoms with Crippen LogP contribution < -0.4 is 11.1 Å². The molecule has 0 bridgehead atoms. The summed E-state index contributed by atoms with van der Waals surface area (Å²) in [5, 5.41) is 11.5. The maximum atomic E-state index is 12.0. The van der Waals surface area contributed by atoms with E-state index >= 15 is 0 Å². The molecule has 5 heteroatoms. The van der Waals surface area contributed by atoms with Crippen molar-refractivity contribution >= 4 is 11.9 Å². The van der Waals surface area contributed by atoms with Gasteiger partial charge in [0.05, 0.1) is 5.92 Å². The Morgan fingerprint density at radius 3 is 2.41 bits per heavy atom. The average Bonchev–Trinajstić information content (AvgIpc) is 2.41. The highest BCUT2D eigenvalue weighted by Gasteiger charge is 2.34. The van der Waals surface area contributed by atoms with Gasteiger partial charge in [0.1, 0.15) is 5.54 Å². The van der Waals surface area contributed by atoms with E-state index < -0.39 is 11.5 Å². The maximum Gasteiger partial charge on any atom is 0.328 e. The minimum atomic E-state index is -1.23. The fourth-order valence-corrected chi connectivity index (χ4v) is 2.12. The quantitative estimate of drug-likeness (QED) is 0.640. The molecule has 1 aliphatic rings. The number of nitrogens with two attached hydrogens (primary N) is 1. The number of carbonyl (C=O) groups is 2. The van der Waals surface area contributed by atoms with E-state index in [0.717, 1.165) is 32.1 Å². The molecule has 0 aromatic heterocycles. The fraction of sp³-hybridized carbons (Fsp3) is 0.833. The van der Waals surface area contributed by atoms with Crippen molar-refractivity contribution in [3.8, 4) is 0 Å². The molecule has 98 valence electrons. The van der Waals surface area contributed by atoms with Gasteiger partial charge in [-0.25, -0.2) is 4.79 Å². The normalized spacial score (nSPS) is 26.1. The third-order valence-corrected chi connectivity index (χ3v) is 3.38. The zero-order valence-corrected chi connectivity index (χ0v) is 10.5. The van der Waals surface area contributed by atoms with Gasteiger partial charge >= 0.3 is 5.97 Å². The fourth-order valence-electron chi connectivity index (χ4n) is 2.12. The lowest BCUT2D eigenvalue weighted by molar-refractivity contribution is -0.146. The molecule has 1 aliphatic carbocycles. The van der Waals surface area contributed by atoms with Gasteiger partial charge in [0.15, 0.2) is 0 Å². The molecule has 2 atom stereocenters. The number of carbonyl (C=O) groups excluding carboxylic acids is 1. The van der Waals surface area contributed by atoms with E-state index in [2.05, 4.69) is 5.32 Å². The highest BCUT2D eigenvalue weighted by atomic mass is 16.4. The average molecular weight is 242 g/mol. The monoisotopic (exact) mass is 242 g/mol. The van der Waals surface area contributed by atoms with E-state index in [1.807, 2.05) is 0 Å². The number of carboxylic acids is 1. The van der Waals surface area contributed by atoms with Crippen LogP contribution in [-0.4, -0.2) is 28.6 Å². The van der Waals surface area contributed by atoms with Crippen molar-refractivity contribution in [1.29, 1.82) is 0 Å². The van der Waals surface area contributed by atoms with E-state index in [1.165, 1.54) is 13.8 Å². The molecule has 4 N–H and O–H groups in total. The molecule has 1 saturated carbocycles. The largest absolute Gasteiger partial charge is 0.480 e. The third-order valence-electron chi connectivity index (χ3n) is 3.38. The van der Waals surface area contributed by atoms with Crippen LogP contribution in [0.2, 0.25) is 0 Å². The molecule has 0 spiro atoms. The topological polar surface area (TPSA) is 92.4 Å². The first-order chi connectivity index (χ1) is 7.84. The number of hydrogen-bond donors (Lipinski definition) is 3. The summed E-state index contributed by atoms with van der Waals surface area (Å²) in [7, 11) is 0. The van der Waals surface area contributed by atoms with Gasteiger partial charge in [0.2, 0.25) is 5.91 Å². The van der Waals surface area contributed by atoms with Crippen LogP contribution in [0.15, 0.2) is 0 Å². The minimum absolute atomic E-state index is 0.151. The number of aliphatic carboxylic acids is 1. The smallest absolute Gasteiger partial charge is 0.328 e. The second-order valence-electron chi connectivity index (χ2n) is 5.33. The summed E-state index contributed by atoms with van der Waals surface area (Å²) in [5.41, 5.74) is 4.73. The van der Waals surface area contributed by atoms with Crippen molar-refractivity contribution in [1.82, 2.24) is 5.32 Å². The summed E-state index contributed by atoms with van der Waals surface area (Å²) in [5.74, 6) is -1.52. The van der Waals surface area contributed by atoms with E-state index in [0.29, 0.717) is 0 Å². The Hall–Kier alpha value is -1.10. The van der Waals surface area contributed by atoms with Crippen molar-refractivity contribution < 1.29 is 14.7 Å². The number of amides is 1. The van der Waals surface area contributed by atoms with Crippen LogP contribution in [-0.2, 0) is 9.59 Å². The molecule has 0 heterocycles. The Balaban J connectivity index is 2.65. The zero-order valence-electron chi connectivity index (χ0n) is 10.5. The van der Waals surface area contributed by atoms with Gasteiger partial charge in [0.25, 0.3) is 0 Å². The van der Waals surface area contributed by atoms with Crippen LogP contribution in [0, 0.1) is 5.92 Å². The van der Waals surface area contributed by atoms with Crippen LogP contribution in [0.5, 0.6) is 0 Å². The molecule has 0 aromatic carbocycles. The Morgan fingerprint density at radius 2 is 1.82 bits per heavy atom. The summed E-state index contributed by atoms with van der Waals surface area (Å²) >= 11 is 0. The van der Waals surface area contributed by atoms with Gasteiger partial charge in [-0.15, -0.1) is 0 Å². The van der Waals surface area contributed by atoms with Gasteiger partial charge in [-0.3, -0.25) is 4.79 Å². The van der Waals surface area contributed by atoms with E-state index in [9.17, 15) is 9.59 Å². The minimum Gasteiger partial charge on any atom is -0.480 e. The summed E-state index contributed by atoms with van der Waals surface area (Å²) < 4.78 is 0. The first-order valence-corrected chi connectivity index (χ1v) is 6.15. The first kappa shape index (κ1) is 14.0. The standard InChI is InChI=1S/C12H22N2O3/c1-12(2,11(16)17)14-10(15)8-6-4-3-5-7-9(8)13/h8-9H,3-7,13H2,1-2H3,(H,14,15)(H,16,17). The summed E-state index contributed by atoms with van der Waals surface area (Å²) in [6.45, 7) is 2.96. The Morgan fingerprint density at radius 1 is 1.24 bits per heavy atom. The molecule has 17 heavy (non-hydrogen) atoms. The number of nitrogens with one attached hydrogen (secondary N) is 1. The first-order valence-electron chi connectivity index (χ1n) is 6.15. The van der Waals surface area contributed by atoms with Crippen molar-refractivity contribution in [2.24, 2.45) is 11.7 Å². The van der Waals surface area contributed by atoms with Gasteiger partial charge in [-0.1, -0.05) is 19.3 Å². The second-order valence-corrected chi connectivity index (χ2v) is 5.33. The molecule has 0 aromatic rings. The van der Waals surface area contributed by atoms with E-state index in [-0.39, 0.29) is 17.9 Å². The van der Waals surface area contributed by atoms with Crippen molar-refractivity contribution in [2.75, 3.05) is 0 Å². The van der Waals surface area contributed by atoms with Crippen molar-refractivity contribution in [3.63, 3.8) is 0 Å². The van der Waals surface area contributed by atoms with Gasteiger partial charge < -0.3 is 16.2 Å². The molecule has 0 radical (unpaired) electrons. The highest BCUT2D eigenvalue weighted by Crippen LogP contribution is 2.23. The SMILES string of the molecule is CC(C)(NC(=O)C1CCCCCC1N)C(=O)O. The maximum absolute atomic E-state index is 12.0. The Bertz CT molecular complexity index is 302. The highest BCUT2D eigenvalue weighted by molar-refractivity contribution is 5.87. The summed E-state index contributed by atoms with van der Waals surface area (Å²) in [6, 6.07) is -0.151. The van der Waals surface area contributed by atoms with Crippen LogP contribution in [0.25, 0.3) is 0 Å². The molecule has 5 nitrogen and oxygen atoms in total. The van der Waals surface area contributed by atoms with Gasteiger partial charge in [-0.2, -0.15) is 0 Å². The van der Waals surface area contributed by atoms with Crippen molar-refractivity contribution in [2.45, 2.75) is 57.5 Å². The third kappa shape index (κ3) is 3.70. The zero-order chi connectivity index (χ0) is 13.1. The van der Waals surface area contributed by atoms with Gasteiger partial charge in [-0.05, 0) is 26.7 Å². The van der Waals surface area contributed by atoms with E-state index in [1.54, 1.807) is 0 Å². The predicted molar refractivity (Wildman–Crippen MR) is 64.4 cm³/mol. The summed E-state index contributed by atoms with van der Waals surface area (Å²) in [6.07, 6.45) is 4.72. The second kappa shape index (κ2) is 5.49. The van der Waals surface area contributed by atoms with Gasteiger partial charge in [0, 0.05) is 6.04 Å². The van der Waals surface area contributed by atoms with Crippen LogP contribution in [0.4, 0.5) is 0 Å². The molecular weight excluding hydrogens is 220 g/mol. The lowest BCUT2D eigenvalue weighted by Crippen LogP contribution is -2.53. The number of rotatable bonds is 3. The Labute approximate surface area is 102 Å². The summed E-state index contributed by atoms with van der Waals surface area (Å²) in [4.78, 5) is 23.0. The van der Waals surface area contributed by atoms with Crippen LogP contribution >= 0.6 is 0 Å². The molecule has 1 amide bonds. The van der Waals surface area contributed by atoms with Crippen LogP contribution in [0.3, 0.4) is 0 Å².